The minimum absolute atomic E-state index is 0.0266. The van der Waals surface area contributed by atoms with Crippen molar-refractivity contribution in [2.45, 2.75) is 37.8 Å². The summed E-state index contributed by atoms with van der Waals surface area (Å²) < 4.78 is 0. The molecule has 0 fully saturated rings. The first-order valence-corrected chi connectivity index (χ1v) is 10.9. The Hall–Kier alpha value is -3.50. The average molecular weight is 470 g/mol. The van der Waals surface area contributed by atoms with Crippen LogP contribution in [0.25, 0.3) is 0 Å². The van der Waals surface area contributed by atoms with Gasteiger partial charge in [0, 0.05) is 23.5 Å². The second-order valence-electron chi connectivity index (χ2n) is 9.23. The van der Waals surface area contributed by atoms with E-state index in [1.165, 1.54) is 17.0 Å². The number of benzene rings is 1. The highest BCUT2D eigenvalue weighted by Gasteiger charge is 2.63. The fourth-order valence-electron chi connectivity index (χ4n) is 5.70. The van der Waals surface area contributed by atoms with Gasteiger partial charge in [0.05, 0.1) is 11.6 Å². The van der Waals surface area contributed by atoms with Crippen LogP contribution in [0.3, 0.4) is 0 Å². The van der Waals surface area contributed by atoms with Crippen LogP contribution in [-0.2, 0) is 16.0 Å². The van der Waals surface area contributed by atoms with Gasteiger partial charge in [-0.25, -0.2) is 0 Å². The molecule has 0 saturated heterocycles. The lowest BCUT2D eigenvalue weighted by atomic mass is 9.58. The largest absolute Gasteiger partial charge is 0.510 e. The molecule has 0 aromatic heterocycles. The number of rotatable bonds is 4. The summed E-state index contributed by atoms with van der Waals surface area (Å²) in [6.07, 6.45) is 0.239. The number of nitrogens with two attached hydrogens (primary N) is 1. The molecule has 6 N–H and O–H groups in total. The van der Waals surface area contributed by atoms with Crippen molar-refractivity contribution in [1.29, 1.82) is 0 Å². The highest BCUT2D eigenvalue weighted by atomic mass is 16.3. The van der Waals surface area contributed by atoms with Gasteiger partial charge in [-0.3, -0.25) is 24.1 Å². The number of phenolic OH excluding ortho intramolecular Hbond substituents is 1. The average Bonchev–Trinajstić information content (AvgIpc) is 2.75. The number of phenols is 1. The zero-order valence-corrected chi connectivity index (χ0v) is 19.0. The molecule has 3 aliphatic carbocycles. The maximum atomic E-state index is 13.5. The Labute approximate surface area is 195 Å². The van der Waals surface area contributed by atoms with Crippen molar-refractivity contribution >= 4 is 23.3 Å². The van der Waals surface area contributed by atoms with Crippen LogP contribution >= 0.6 is 0 Å². The molecule has 0 spiro atoms. The van der Waals surface area contributed by atoms with Gasteiger partial charge in [-0.15, -0.1) is 0 Å². The number of primary amides is 1. The van der Waals surface area contributed by atoms with E-state index >= 15 is 0 Å². The van der Waals surface area contributed by atoms with Gasteiger partial charge in [0.2, 0.25) is 5.78 Å². The van der Waals surface area contributed by atoms with E-state index in [0.29, 0.717) is 5.56 Å². The van der Waals surface area contributed by atoms with E-state index in [4.69, 9.17) is 5.73 Å². The molecule has 0 bridgehead atoms. The van der Waals surface area contributed by atoms with Crippen LogP contribution in [0.4, 0.5) is 0 Å². The molecule has 4 rings (SSSR count). The summed E-state index contributed by atoms with van der Waals surface area (Å²) in [5.41, 5.74) is 1.96. The topological polar surface area (TPSA) is 178 Å². The van der Waals surface area contributed by atoms with Crippen LogP contribution in [0.2, 0.25) is 0 Å². The van der Waals surface area contributed by atoms with Gasteiger partial charge >= 0.3 is 0 Å². The molecule has 3 aliphatic rings. The quantitative estimate of drug-likeness (QED) is 0.313. The van der Waals surface area contributed by atoms with E-state index < -0.39 is 63.8 Å². The van der Waals surface area contributed by atoms with Gasteiger partial charge in [0.25, 0.3) is 5.91 Å². The molecular weight excluding hydrogens is 444 g/mol. The Morgan fingerprint density at radius 2 is 1.82 bits per heavy atom. The lowest BCUT2D eigenvalue weighted by molar-refractivity contribution is -0.148. The second-order valence-corrected chi connectivity index (χ2v) is 9.23. The number of aromatic hydroxyl groups is 1. The lowest BCUT2D eigenvalue weighted by Crippen LogP contribution is -2.63. The Balaban J connectivity index is 1.97. The molecule has 34 heavy (non-hydrogen) atoms. The molecular formula is C24H26N2O8. The molecule has 0 radical (unpaired) electrons. The van der Waals surface area contributed by atoms with E-state index in [-0.39, 0.29) is 41.7 Å². The third-order valence-electron chi connectivity index (χ3n) is 7.23. The predicted octanol–water partition coefficient (Wildman–Crippen LogP) is 0.713. The Morgan fingerprint density at radius 3 is 2.38 bits per heavy atom. The van der Waals surface area contributed by atoms with Crippen molar-refractivity contribution in [3.05, 3.63) is 51.5 Å². The first-order valence-electron chi connectivity index (χ1n) is 10.9. The number of hydrogen-bond donors (Lipinski definition) is 5. The van der Waals surface area contributed by atoms with Crippen molar-refractivity contribution in [2.75, 3.05) is 14.1 Å². The summed E-state index contributed by atoms with van der Waals surface area (Å²) >= 11 is 0. The number of amides is 1. The molecule has 0 saturated carbocycles. The fraction of sp³-hybridized carbons (Fsp3) is 0.417. The van der Waals surface area contributed by atoms with Crippen LogP contribution in [-0.4, -0.2) is 74.3 Å². The first kappa shape index (κ1) is 23.7. The van der Waals surface area contributed by atoms with Crippen LogP contribution in [0.5, 0.6) is 5.75 Å². The van der Waals surface area contributed by atoms with Gasteiger partial charge in [0.15, 0.2) is 17.2 Å². The van der Waals surface area contributed by atoms with E-state index in [0.717, 1.165) is 0 Å². The van der Waals surface area contributed by atoms with Crippen LogP contribution in [0.15, 0.2) is 34.8 Å². The van der Waals surface area contributed by atoms with Crippen molar-refractivity contribution in [1.82, 2.24) is 4.90 Å². The molecule has 1 aromatic rings. The number of aliphatic hydroxyl groups is 3. The third-order valence-corrected chi connectivity index (χ3v) is 7.23. The minimum atomic E-state index is -2.68. The summed E-state index contributed by atoms with van der Waals surface area (Å²) in [6.45, 7) is 1.67. The first-order chi connectivity index (χ1) is 15.9. The highest BCUT2D eigenvalue weighted by Crippen LogP contribution is 2.52. The Kier molecular flexibility index (Phi) is 5.41. The number of ketones is 3. The molecule has 10 heteroatoms. The number of hydrogen-bond acceptors (Lipinski definition) is 9. The molecule has 0 heterocycles. The summed E-state index contributed by atoms with van der Waals surface area (Å²) in [6, 6.07) is 1.60. The Bertz CT molecular complexity index is 1230. The number of fused-ring (bicyclic) bond motifs is 3. The smallest absolute Gasteiger partial charge is 0.255 e. The van der Waals surface area contributed by atoms with Gasteiger partial charge in [-0.05, 0) is 50.6 Å². The standard InChI is InChI=1S/C24H26N2O8/c1-4-13(27)10-5-6-14(28)16-11(10)7-9-8-12-18(26(2)3)20(30)17(23(25)33)22(32)24(12,34)21(31)15(9)19(16)29/h5-6,9,12,18,28,30-31,34H,4,7-8H2,1-3H3,(H2,25,33). The number of Topliss-reactive ketones (excluding diaryl/α,β-unsaturated/α-hetero) is 3. The van der Waals surface area contributed by atoms with Gasteiger partial charge < -0.3 is 26.2 Å². The van der Waals surface area contributed by atoms with Gasteiger partial charge in [0.1, 0.15) is 22.8 Å². The molecule has 4 unspecified atom stereocenters. The van der Waals surface area contributed by atoms with E-state index in [1.807, 2.05) is 0 Å². The van der Waals surface area contributed by atoms with E-state index in [2.05, 4.69) is 0 Å². The van der Waals surface area contributed by atoms with Crippen molar-refractivity contribution < 1.29 is 39.6 Å². The maximum absolute atomic E-state index is 13.5. The highest BCUT2D eigenvalue weighted by molar-refractivity contribution is 6.25. The maximum Gasteiger partial charge on any atom is 0.255 e. The van der Waals surface area contributed by atoms with Gasteiger partial charge in [-0.1, -0.05) is 6.92 Å². The zero-order chi connectivity index (χ0) is 25.3. The monoisotopic (exact) mass is 470 g/mol. The van der Waals surface area contributed by atoms with Crippen molar-refractivity contribution in [3.63, 3.8) is 0 Å². The number of carbonyl (C=O) groups is 4. The van der Waals surface area contributed by atoms with Crippen molar-refractivity contribution in [3.8, 4) is 5.75 Å². The number of allylic oxidation sites excluding steroid dienone is 1. The summed E-state index contributed by atoms with van der Waals surface area (Å²) in [4.78, 5) is 52.7. The molecule has 0 aliphatic heterocycles. The van der Waals surface area contributed by atoms with Crippen molar-refractivity contribution in [2.24, 2.45) is 17.6 Å². The summed E-state index contributed by atoms with van der Waals surface area (Å²) in [5.74, 6) is -7.38. The molecule has 180 valence electrons. The SMILES string of the molecule is CCC(=O)c1ccc(O)c2c1CC1CC3C(N(C)C)C(O)=C(C(N)=O)C(=O)C3(O)C(O)=C1C2=O. The molecule has 1 amide bonds. The van der Waals surface area contributed by atoms with E-state index in [1.54, 1.807) is 21.0 Å². The molecule has 4 atom stereocenters. The Morgan fingerprint density at radius 1 is 1.18 bits per heavy atom. The zero-order valence-electron chi connectivity index (χ0n) is 19.0. The third kappa shape index (κ3) is 2.95. The predicted molar refractivity (Wildman–Crippen MR) is 118 cm³/mol. The summed E-state index contributed by atoms with van der Waals surface area (Å²) in [7, 11) is 3.12. The molecule has 10 nitrogen and oxygen atoms in total. The normalized spacial score (nSPS) is 28.6. The summed E-state index contributed by atoms with van der Waals surface area (Å²) in [5, 5.41) is 43.9. The van der Waals surface area contributed by atoms with Crippen LogP contribution in [0.1, 0.15) is 46.0 Å². The minimum Gasteiger partial charge on any atom is -0.510 e. The fourth-order valence-corrected chi connectivity index (χ4v) is 5.70. The van der Waals surface area contributed by atoms with E-state index in [9.17, 15) is 39.6 Å². The number of nitrogens with zero attached hydrogens (tertiary/aromatic N) is 1. The van der Waals surface area contributed by atoms with Crippen LogP contribution < -0.4 is 5.73 Å². The number of carbonyl (C=O) groups excluding carboxylic acids is 4. The van der Waals surface area contributed by atoms with Gasteiger partial charge in [-0.2, -0.15) is 0 Å². The molecule has 1 aromatic carbocycles. The number of aliphatic hydroxyl groups excluding tert-OH is 2. The number of likely N-dealkylation sites (N-methyl/N-ethyl adjacent to an activating group) is 1. The second kappa shape index (κ2) is 7.78. The lowest BCUT2D eigenvalue weighted by Gasteiger charge is -2.50. The van der Waals surface area contributed by atoms with Crippen LogP contribution in [0, 0.1) is 11.8 Å².